The first kappa shape index (κ1) is 13.2. The van der Waals surface area contributed by atoms with Gasteiger partial charge in [-0.15, -0.1) is 6.42 Å². The summed E-state index contributed by atoms with van der Waals surface area (Å²) in [5.74, 6) is 4.26. The average molecular weight is 233 g/mol. The van der Waals surface area contributed by atoms with Gasteiger partial charge in [0.25, 0.3) is 0 Å². The van der Waals surface area contributed by atoms with Gasteiger partial charge in [-0.3, -0.25) is 4.99 Å². The van der Waals surface area contributed by atoms with Gasteiger partial charge in [-0.25, -0.2) is 0 Å². The molecule has 17 heavy (non-hydrogen) atoms. The highest BCUT2D eigenvalue weighted by Gasteiger charge is 2.06. The molecule has 0 radical (unpaired) electrons. The van der Waals surface area contributed by atoms with Crippen LogP contribution in [0.3, 0.4) is 0 Å². The van der Waals surface area contributed by atoms with Gasteiger partial charge in [-0.2, -0.15) is 0 Å². The Balaban J connectivity index is 2.41. The van der Waals surface area contributed by atoms with E-state index in [-0.39, 0.29) is 6.04 Å². The molecule has 1 aromatic heterocycles. The third-order valence-corrected chi connectivity index (χ3v) is 2.32. The Morgan fingerprint density at radius 2 is 2.47 bits per heavy atom. The number of guanidine groups is 1. The number of hydrogen-bond donors (Lipinski definition) is 2. The molecule has 1 rings (SSSR count). The minimum absolute atomic E-state index is 0.0165. The second kappa shape index (κ2) is 7.39. The van der Waals surface area contributed by atoms with Gasteiger partial charge in [-0.05, 0) is 18.6 Å². The molecule has 1 unspecified atom stereocenters. The van der Waals surface area contributed by atoms with Gasteiger partial charge in [0.1, 0.15) is 5.76 Å². The van der Waals surface area contributed by atoms with E-state index in [0.29, 0.717) is 12.5 Å². The maximum absolute atomic E-state index is 5.44. The van der Waals surface area contributed by atoms with Crippen molar-refractivity contribution in [2.45, 2.75) is 32.4 Å². The first-order valence-corrected chi connectivity index (χ1v) is 5.75. The topological polar surface area (TPSA) is 49.6 Å². The van der Waals surface area contributed by atoms with E-state index >= 15 is 0 Å². The minimum atomic E-state index is 0.0165. The molecule has 0 aliphatic rings. The van der Waals surface area contributed by atoms with E-state index in [1.807, 2.05) is 12.1 Å². The molecule has 1 aromatic rings. The highest BCUT2D eigenvalue weighted by atomic mass is 16.3. The number of hydrogen-bond acceptors (Lipinski definition) is 2. The van der Waals surface area contributed by atoms with Crippen LogP contribution in [0.2, 0.25) is 0 Å². The van der Waals surface area contributed by atoms with Gasteiger partial charge < -0.3 is 15.1 Å². The van der Waals surface area contributed by atoms with Gasteiger partial charge in [0.2, 0.25) is 0 Å². The van der Waals surface area contributed by atoms with E-state index in [4.69, 9.17) is 10.8 Å². The fraction of sp³-hybridized carbons (Fsp3) is 0.462. The molecular formula is C13H19N3O. The molecule has 0 fully saturated rings. The van der Waals surface area contributed by atoms with Crippen molar-refractivity contribution in [1.29, 1.82) is 0 Å². The van der Waals surface area contributed by atoms with Gasteiger partial charge in [0, 0.05) is 7.05 Å². The molecular weight excluding hydrogens is 214 g/mol. The predicted molar refractivity (Wildman–Crippen MR) is 69.6 cm³/mol. The molecule has 0 saturated carbocycles. The third-order valence-electron chi connectivity index (χ3n) is 2.32. The molecule has 0 aromatic carbocycles. The van der Waals surface area contributed by atoms with Crippen molar-refractivity contribution in [3.8, 4) is 12.3 Å². The summed E-state index contributed by atoms with van der Waals surface area (Å²) in [5.41, 5.74) is 0. The van der Waals surface area contributed by atoms with Crippen molar-refractivity contribution in [2.75, 3.05) is 7.05 Å². The lowest BCUT2D eigenvalue weighted by Crippen LogP contribution is -2.42. The summed E-state index contributed by atoms with van der Waals surface area (Å²) >= 11 is 0. The van der Waals surface area contributed by atoms with Gasteiger partial charge in [0.15, 0.2) is 5.96 Å². The lowest BCUT2D eigenvalue weighted by atomic mass is 10.2. The first-order valence-electron chi connectivity index (χ1n) is 5.75. The van der Waals surface area contributed by atoms with Crippen molar-refractivity contribution < 1.29 is 4.42 Å². The summed E-state index contributed by atoms with van der Waals surface area (Å²) < 4.78 is 5.22. The Kier molecular flexibility index (Phi) is 5.73. The van der Waals surface area contributed by atoms with Crippen molar-refractivity contribution in [3.05, 3.63) is 24.2 Å². The summed E-state index contributed by atoms with van der Waals surface area (Å²) in [4.78, 5) is 4.11. The molecule has 0 aliphatic carbocycles. The number of rotatable bonds is 5. The van der Waals surface area contributed by atoms with Crippen LogP contribution in [0.5, 0.6) is 0 Å². The van der Waals surface area contributed by atoms with Crippen LogP contribution < -0.4 is 10.6 Å². The predicted octanol–water partition coefficient (Wildman–Crippen LogP) is 1.75. The van der Waals surface area contributed by atoms with Gasteiger partial charge in [0.05, 0.1) is 18.8 Å². The van der Waals surface area contributed by atoms with Crippen molar-refractivity contribution in [3.63, 3.8) is 0 Å². The van der Waals surface area contributed by atoms with Gasteiger partial charge >= 0.3 is 0 Å². The zero-order chi connectivity index (χ0) is 12.5. The van der Waals surface area contributed by atoms with Crippen molar-refractivity contribution in [1.82, 2.24) is 10.6 Å². The number of furan rings is 1. The Hall–Kier alpha value is -1.89. The Labute approximate surface area is 103 Å². The third kappa shape index (κ3) is 4.64. The van der Waals surface area contributed by atoms with Crippen LogP contribution >= 0.6 is 0 Å². The molecule has 92 valence electrons. The lowest BCUT2D eigenvalue weighted by molar-refractivity contribution is 0.500. The number of nitrogens with one attached hydrogen (secondary N) is 2. The second-order valence-electron chi connectivity index (χ2n) is 3.66. The Bertz CT molecular complexity index is 376. The van der Waals surface area contributed by atoms with Crippen LogP contribution in [0.25, 0.3) is 0 Å². The summed E-state index contributed by atoms with van der Waals surface area (Å²) in [6, 6.07) is 3.78. The van der Waals surface area contributed by atoms with Crippen LogP contribution in [0.1, 0.15) is 25.5 Å². The second-order valence-corrected chi connectivity index (χ2v) is 3.66. The standard InChI is InChI=1S/C13H19N3O/c1-4-7-11(5-2)16-13(14-3)15-10-12-8-6-9-17-12/h2,6,8-9,11H,4,7,10H2,1,3H3,(H2,14,15,16). The van der Waals surface area contributed by atoms with E-state index in [1.54, 1.807) is 13.3 Å². The summed E-state index contributed by atoms with van der Waals surface area (Å²) in [6.07, 6.45) is 9.05. The summed E-state index contributed by atoms with van der Waals surface area (Å²) in [7, 11) is 1.72. The van der Waals surface area contributed by atoms with E-state index < -0.39 is 0 Å². The van der Waals surface area contributed by atoms with Crippen LogP contribution in [-0.4, -0.2) is 19.0 Å². The molecule has 0 spiro atoms. The molecule has 0 saturated heterocycles. The average Bonchev–Trinajstić information content (AvgIpc) is 2.86. The Morgan fingerprint density at radius 1 is 1.65 bits per heavy atom. The summed E-state index contributed by atoms with van der Waals surface area (Å²) in [6.45, 7) is 2.70. The largest absolute Gasteiger partial charge is 0.467 e. The van der Waals surface area contributed by atoms with E-state index in [1.165, 1.54) is 0 Å². The molecule has 0 amide bonds. The fourth-order valence-electron chi connectivity index (χ4n) is 1.43. The number of nitrogens with zero attached hydrogens (tertiary/aromatic N) is 1. The zero-order valence-corrected chi connectivity index (χ0v) is 10.4. The highest BCUT2D eigenvalue weighted by molar-refractivity contribution is 5.80. The molecule has 4 nitrogen and oxygen atoms in total. The summed E-state index contributed by atoms with van der Waals surface area (Å²) in [5, 5.41) is 6.32. The molecule has 0 bridgehead atoms. The monoisotopic (exact) mass is 233 g/mol. The first-order chi connectivity index (χ1) is 8.30. The smallest absolute Gasteiger partial charge is 0.192 e. The maximum Gasteiger partial charge on any atom is 0.192 e. The molecule has 1 heterocycles. The maximum atomic E-state index is 5.44. The molecule has 0 aliphatic heterocycles. The zero-order valence-electron chi connectivity index (χ0n) is 10.4. The lowest BCUT2D eigenvalue weighted by Gasteiger charge is -2.16. The fourth-order valence-corrected chi connectivity index (χ4v) is 1.43. The quantitative estimate of drug-likeness (QED) is 0.463. The van der Waals surface area contributed by atoms with Crippen LogP contribution in [0, 0.1) is 12.3 Å². The van der Waals surface area contributed by atoms with E-state index in [0.717, 1.165) is 18.6 Å². The molecule has 2 N–H and O–H groups in total. The van der Waals surface area contributed by atoms with Crippen LogP contribution in [-0.2, 0) is 6.54 Å². The number of terminal acetylenes is 1. The number of aliphatic imine (C=N–C) groups is 1. The molecule has 1 atom stereocenters. The minimum Gasteiger partial charge on any atom is -0.467 e. The van der Waals surface area contributed by atoms with Crippen LogP contribution in [0.15, 0.2) is 27.8 Å². The molecule has 4 heteroatoms. The van der Waals surface area contributed by atoms with Gasteiger partial charge in [-0.1, -0.05) is 19.3 Å². The van der Waals surface area contributed by atoms with Crippen molar-refractivity contribution >= 4 is 5.96 Å². The normalized spacial score (nSPS) is 12.9. The van der Waals surface area contributed by atoms with Crippen LogP contribution in [0.4, 0.5) is 0 Å². The Morgan fingerprint density at radius 3 is 3.00 bits per heavy atom. The van der Waals surface area contributed by atoms with E-state index in [9.17, 15) is 0 Å². The SMILES string of the molecule is C#CC(CCC)NC(=NC)NCc1ccco1. The van der Waals surface area contributed by atoms with Crippen molar-refractivity contribution in [2.24, 2.45) is 4.99 Å². The highest BCUT2D eigenvalue weighted by Crippen LogP contribution is 1.99. The van der Waals surface area contributed by atoms with E-state index in [2.05, 4.69) is 28.5 Å².